The fourth-order valence-electron chi connectivity index (χ4n) is 3.16. The van der Waals surface area contributed by atoms with E-state index in [2.05, 4.69) is 53.7 Å². The molecule has 6 heteroatoms. The molecule has 0 fully saturated rings. The molecule has 0 aliphatic heterocycles. The fourth-order valence-corrected chi connectivity index (χ4v) is 3.16. The Balaban J connectivity index is 1.72. The van der Waals surface area contributed by atoms with Gasteiger partial charge in [-0.25, -0.2) is 4.99 Å². The first-order valence-corrected chi connectivity index (χ1v) is 10.3. The Morgan fingerprint density at radius 3 is 2.77 bits per heavy atom. The van der Waals surface area contributed by atoms with Crippen LogP contribution in [0.2, 0.25) is 0 Å². The van der Waals surface area contributed by atoms with Gasteiger partial charge in [0.2, 0.25) is 0 Å². The van der Waals surface area contributed by atoms with Gasteiger partial charge in [0, 0.05) is 30.8 Å². The largest absolute Gasteiger partial charge is 0.491 e. The highest BCUT2D eigenvalue weighted by atomic mass is 16.5. The summed E-state index contributed by atoms with van der Waals surface area (Å²) >= 11 is 0. The summed E-state index contributed by atoms with van der Waals surface area (Å²) in [4.78, 5) is 9.30. The van der Waals surface area contributed by atoms with Gasteiger partial charge in [-0.1, -0.05) is 36.4 Å². The van der Waals surface area contributed by atoms with Crippen LogP contribution in [0, 0.1) is 6.92 Å². The maximum Gasteiger partial charge on any atom is 0.191 e. The van der Waals surface area contributed by atoms with Crippen LogP contribution < -0.4 is 15.4 Å². The van der Waals surface area contributed by atoms with Gasteiger partial charge in [-0.15, -0.1) is 0 Å². The highest BCUT2D eigenvalue weighted by Crippen LogP contribution is 2.21. The average molecular weight is 407 g/mol. The lowest BCUT2D eigenvalue weighted by molar-refractivity contribution is 0.145. The molecule has 0 saturated carbocycles. The van der Waals surface area contributed by atoms with Crippen molar-refractivity contribution in [3.8, 4) is 5.75 Å². The molecule has 0 amide bonds. The number of rotatable bonds is 9. The van der Waals surface area contributed by atoms with Crippen LogP contribution in [0.4, 0.5) is 0 Å². The second-order valence-corrected chi connectivity index (χ2v) is 6.98. The first kappa shape index (κ1) is 21.6. The van der Waals surface area contributed by atoms with Gasteiger partial charge >= 0.3 is 0 Å². The minimum absolute atomic E-state index is 0.515. The van der Waals surface area contributed by atoms with Crippen LogP contribution in [0.5, 0.6) is 5.75 Å². The SMILES string of the molecule is CCNC(=NCc1ccc(C)cc1OCCOC)NCc1nccc2ccccc12. The highest BCUT2D eigenvalue weighted by Gasteiger charge is 2.07. The Morgan fingerprint density at radius 2 is 1.93 bits per heavy atom. The van der Waals surface area contributed by atoms with Crippen LogP contribution >= 0.6 is 0 Å². The van der Waals surface area contributed by atoms with E-state index in [1.54, 1.807) is 7.11 Å². The number of guanidine groups is 1. The van der Waals surface area contributed by atoms with Crippen molar-refractivity contribution in [3.05, 3.63) is 71.5 Å². The third-order valence-electron chi connectivity index (χ3n) is 4.70. The van der Waals surface area contributed by atoms with E-state index in [4.69, 9.17) is 14.5 Å². The Morgan fingerprint density at radius 1 is 1.07 bits per heavy atom. The standard InChI is InChI=1S/C24H30N4O2/c1-4-25-24(28-17-22-21-8-6-5-7-19(21)11-12-26-22)27-16-20-10-9-18(2)15-23(20)30-14-13-29-3/h5-12,15H,4,13-14,16-17H2,1-3H3,(H2,25,27,28). The summed E-state index contributed by atoms with van der Waals surface area (Å²) in [6.07, 6.45) is 1.85. The van der Waals surface area contributed by atoms with Gasteiger partial charge in [-0.3, -0.25) is 4.98 Å². The number of aliphatic imine (C=N–C) groups is 1. The summed E-state index contributed by atoms with van der Waals surface area (Å²) in [6.45, 7) is 7.07. The molecule has 0 aliphatic carbocycles. The molecule has 2 N–H and O–H groups in total. The number of pyridine rings is 1. The molecule has 1 aromatic heterocycles. The van der Waals surface area contributed by atoms with Crippen LogP contribution in [-0.4, -0.2) is 37.8 Å². The number of fused-ring (bicyclic) bond motifs is 1. The smallest absolute Gasteiger partial charge is 0.191 e. The van der Waals surface area contributed by atoms with Crippen LogP contribution in [-0.2, 0) is 17.8 Å². The van der Waals surface area contributed by atoms with Crippen molar-refractivity contribution in [2.45, 2.75) is 26.9 Å². The minimum atomic E-state index is 0.515. The third-order valence-corrected chi connectivity index (χ3v) is 4.70. The van der Waals surface area contributed by atoms with Crippen molar-refractivity contribution in [3.63, 3.8) is 0 Å². The molecule has 0 unspecified atom stereocenters. The van der Waals surface area contributed by atoms with Crippen molar-refractivity contribution < 1.29 is 9.47 Å². The van der Waals surface area contributed by atoms with E-state index in [9.17, 15) is 0 Å². The molecule has 0 saturated heterocycles. The maximum absolute atomic E-state index is 5.88. The van der Waals surface area contributed by atoms with Crippen molar-refractivity contribution in [1.29, 1.82) is 0 Å². The van der Waals surface area contributed by atoms with E-state index < -0.39 is 0 Å². The second-order valence-electron chi connectivity index (χ2n) is 6.98. The first-order valence-electron chi connectivity index (χ1n) is 10.3. The van der Waals surface area contributed by atoms with E-state index in [0.717, 1.165) is 40.5 Å². The molecule has 0 bridgehead atoms. The summed E-state index contributed by atoms with van der Waals surface area (Å²) in [7, 11) is 1.67. The maximum atomic E-state index is 5.88. The molecule has 3 aromatic rings. The van der Waals surface area contributed by atoms with Gasteiger partial charge in [0.1, 0.15) is 12.4 Å². The van der Waals surface area contributed by atoms with Gasteiger partial charge < -0.3 is 20.1 Å². The molecule has 0 aliphatic rings. The Labute approximate surface area is 178 Å². The van der Waals surface area contributed by atoms with Gasteiger partial charge in [0.05, 0.1) is 25.4 Å². The fraction of sp³-hybridized carbons (Fsp3) is 0.333. The molecule has 158 valence electrons. The van der Waals surface area contributed by atoms with E-state index in [0.29, 0.717) is 26.3 Å². The zero-order valence-electron chi connectivity index (χ0n) is 17.9. The second kappa shape index (κ2) is 11.2. The third kappa shape index (κ3) is 5.94. The molecule has 0 radical (unpaired) electrons. The lowest BCUT2D eigenvalue weighted by Gasteiger charge is -2.14. The zero-order chi connectivity index (χ0) is 21.2. The Hall–Kier alpha value is -3.12. The van der Waals surface area contributed by atoms with E-state index in [-0.39, 0.29) is 0 Å². The number of nitrogens with zero attached hydrogens (tertiary/aromatic N) is 2. The molecule has 1 heterocycles. The molecule has 3 rings (SSSR count). The molecule has 2 aromatic carbocycles. The van der Waals surface area contributed by atoms with Gasteiger partial charge in [0.25, 0.3) is 0 Å². The van der Waals surface area contributed by atoms with Crippen LogP contribution in [0.3, 0.4) is 0 Å². The van der Waals surface area contributed by atoms with Crippen molar-refractivity contribution >= 4 is 16.7 Å². The van der Waals surface area contributed by atoms with Crippen molar-refractivity contribution in [2.75, 3.05) is 26.9 Å². The summed E-state index contributed by atoms with van der Waals surface area (Å²) in [6, 6.07) is 16.5. The molecule has 0 spiro atoms. The lowest BCUT2D eigenvalue weighted by atomic mass is 10.1. The normalized spacial score (nSPS) is 11.5. The number of hydrogen-bond acceptors (Lipinski definition) is 4. The number of benzene rings is 2. The van der Waals surface area contributed by atoms with Crippen LogP contribution in [0.15, 0.2) is 59.7 Å². The van der Waals surface area contributed by atoms with Gasteiger partial charge in [-0.05, 0) is 36.9 Å². The van der Waals surface area contributed by atoms with E-state index >= 15 is 0 Å². The minimum Gasteiger partial charge on any atom is -0.491 e. The number of nitrogens with one attached hydrogen (secondary N) is 2. The Bertz CT molecular complexity index is 983. The molecular formula is C24H30N4O2. The van der Waals surface area contributed by atoms with Crippen molar-refractivity contribution in [2.24, 2.45) is 4.99 Å². The van der Waals surface area contributed by atoms with Gasteiger partial charge in [-0.2, -0.15) is 0 Å². The highest BCUT2D eigenvalue weighted by molar-refractivity contribution is 5.85. The number of ether oxygens (including phenoxy) is 2. The zero-order valence-corrected chi connectivity index (χ0v) is 17.9. The summed E-state index contributed by atoms with van der Waals surface area (Å²) in [5.74, 6) is 1.60. The first-order chi connectivity index (χ1) is 14.7. The topological polar surface area (TPSA) is 67.8 Å². The lowest BCUT2D eigenvalue weighted by Crippen LogP contribution is -2.37. The monoisotopic (exact) mass is 406 g/mol. The van der Waals surface area contributed by atoms with Crippen LogP contribution in [0.25, 0.3) is 10.8 Å². The molecule has 0 atom stereocenters. The van der Waals surface area contributed by atoms with E-state index in [1.165, 1.54) is 5.39 Å². The number of aryl methyl sites for hydroxylation is 1. The van der Waals surface area contributed by atoms with Crippen LogP contribution in [0.1, 0.15) is 23.7 Å². The summed E-state index contributed by atoms with van der Waals surface area (Å²) < 4.78 is 11.0. The quantitative estimate of drug-likeness (QED) is 0.321. The Kier molecular flexibility index (Phi) is 8.03. The molecule has 30 heavy (non-hydrogen) atoms. The molecule has 6 nitrogen and oxygen atoms in total. The predicted octanol–water partition coefficient (Wildman–Crippen LogP) is 3.82. The van der Waals surface area contributed by atoms with Crippen molar-refractivity contribution in [1.82, 2.24) is 15.6 Å². The number of methoxy groups -OCH3 is 1. The number of aromatic nitrogens is 1. The average Bonchev–Trinajstić information content (AvgIpc) is 2.77. The summed E-state index contributed by atoms with van der Waals surface area (Å²) in [5, 5.41) is 9.04. The van der Waals surface area contributed by atoms with E-state index in [1.807, 2.05) is 30.5 Å². The number of hydrogen-bond donors (Lipinski definition) is 2. The molecular weight excluding hydrogens is 376 g/mol. The summed E-state index contributed by atoms with van der Waals surface area (Å²) in [5.41, 5.74) is 3.19. The predicted molar refractivity (Wildman–Crippen MR) is 122 cm³/mol. The van der Waals surface area contributed by atoms with Gasteiger partial charge in [0.15, 0.2) is 5.96 Å².